The average Bonchev–Trinajstić information content (AvgIpc) is 2.81. The molecule has 3 rings (SSSR count). The molecular weight excluding hydrogens is 414 g/mol. The number of carbonyl (C=O) groups excluding carboxylic acids is 1. The molecule has 1 fully saturated rings. The molecule has 1 aliphatic rings. The smallest absolute Gasteiger partial charge is 0.246 e. The van der Waals surface area contributed by atoms with Crippen LogP contribution in [0.3, 0.4) is 0 Å². The van der Waals surface area contributed by atoms with Crippen LogP contribution in [0.1, 0.15) is 19.4 Å². The summed E-state index contributed by atoms with van der Waals surface area (Å²) in [6.45, 7) is 4.75. The van der Waals surface area contributed by atoms with E-state index in [4.69, 9.17) is 0 Å². The van der Waals surface area contributed by atoms with Gasteiger partial charge < -0.3 is 0 Å². The van der Waals surface area contributed by atoms with Gasteiger partial charge in [0.15, 0.2) is 5.84 Å². The van der Waals surface area contributed by atoms with Crippen molar-refractivity contribution in [2.24, 2.45) is 4.40 Å². The van der Waals surface area contributed by atoms with Gasteiger partial charge in [0.05, 0.1) is 16.8 Å². The number of benzene rings is 2. The molecule has 0 unspecified atom stereocenters. The summed E-state index contributed by atoms with van der Waals surface area (Å²) in [5, 5.41) is 0. The van der Waals surface area contributed by atoms with Gasteiger partial charge in [-0.05, 0) is 45.0 Å². The van der Waals surface area contributed by atoms with Crippen LogP contribution in [0.15, 0.2) is 63.9 Å². The first-order valence-corrected chi connectivity index (χ1v) is 12.0. The minimum atomic E-state index is -4.27. The van der Waals surface area contributed by atoms with Crippen LogP contribution in [-0.2, 0) is 20.0 Å². The van der Waals surface area contributed by atoms with Gasteiger partial charge >= 0.3 is 6.03 Å². The third kappa shape index (κ3) is 3.77. The van der Waals surface area contributed by atoms with Crippen LogP contribution in [0.25, 0.3) is 0 Å². The first-order chi connectivity index (χ1) is 13.4. The molecule has 0 saturated carbocycles. The Bertz CT molecular complexity index is 1190. The van der Waals surface area contributed by atoms with Gasteiger partial charge in [-0.25, -0.2) is 30.8 Å². The van der Waals surface area contributed by atoms with Crippen molar-refractivity contribution < 1.29 is 21.6 Å². The largest absolute Gasteiger partial charge is 0.345 e. The van der Waals surface area contributed by atoms with Crippen LogP contribution in [0.5, 0.6) is 0 Å². The second kappa shape index (κ2) is 6.96. The maximum Gasteiger partial charge on any atom is 0.345 e. The molecule has 8 nitrogen and oxygen atoms in total. The SMILES string of the molecule is Cc1ccc(N2C(=O)N(S(=O)(=O)c3ccccc3)C(C)(C)C2=NS(C)(=O)=O)cc1. The number of aryl methyl sites for hydroxylation is 1. The number of urea groups is 1. The van der Waals surface area contributed by atoms with Crippen LogP contribution in [0, 0.1) is 6.92 Å². The number of hydrogen-bond donors (Lipinski definition) is 0. The predicted molar refractivity (Wildman–Crippen MR) is 111 cm³/mol. The van der Waals surface area contributed by atoms with E-state index in [-0.39, 0.29) is 10.7 Å². The standard InChI is InChI=1S/C19H21N3O5S2/c1-14-10-12-15(13-11-14)21-17(20-28(4,24)25)19(2,3)22(18(21)23)29(26,27)16-8-6-5-7-9-16/h5-13H,1-4H3. The number of sulfonamides is 2. The Morgan fingerprint density at radius 1 is 0.897 bits per heavy atom. The van der Waals surface area contributed by atoms with Crippen molar-refractivity contribution >= 4 is 37.6 Å². The van der Waals surface area contributed by atoms with Crippen molar-refractivity contribution in [1.82, 2.24) is 4.31 Å². The predicted octanol–water partition coefficient (Wildman–Crippen LogP) is 2.76. The van der Waals surface area contributed by atoms with E-state index in [1.165, 1.54) is 26.0 Å². The van der Waals surface area contributed by atoms with Gasteiger partial charge in [-0.1, -0.05) is 35.9 Å². The van der Waals surface area contributed by atoms with Crippen molar-refractivity contribution in [3.63, 3.8) is 0 Å². The van der Waals surface area contributed by atoms with E-state index in [0.717, 1.165) is 16.7 Å². The molecule has 0 bridgehead atoms. The van der Waals surface area contributed by atoms with E-state index in [1.807, 2.05) is 6.92 Å². The Balaban J connectivity index is 2.26. The third-order valence-corrected chi connectivity index (χ3v) is 6.92. The normalized spacial score (nSPS) is 18.5. The zero-order valence-electron chi connectivity index (χ0n) is 16.4. The molecular formula is C19H21N3O5S2. The van der Waals surface area contributed by atoms with E-state index >= 15 is 0 Å². The van der Waals surface area contributed by atoms with Gasteiger partial charge in [0.2, 0.25) is 0 Å². The first kappa shape index (κ1) is 21.0. The molecule has 0 spiro atoms. The number of anilines is 1. The number of carbonyl (C=O) groups is 1. The fourth-order valence-electron chi connectivity index (χ4n) is 3.12. The van der Waals surface area contributed by atoms with Gasteiger partial charge in [-0.3, -0.25) is 0 Å². The van der Waals surface area contributed by atoms with Crippen molar-refractivity contribution in [1.29, 1.82) is 0 Å². The summed E-state index contributed by atoms with van der Waals surface area (Å²) >= 11 is 0. The maximum absolute atomic E-state index is 13.3. The highest BCUT2D eigenvalue weighted by Gasteiger charge is 2.56. The Labute approximate surface area is 170 Å². The van der Waals surface area contributed by atoms with E-state index in [2.05, 4.69) is 4.40 Å². The van der Waals surface area contributed by atoms with Crippen molar-refractivity contribution in [2.45, 2.75) is 31.2 Å². The minimum Gasteiger partial charge on any atom is -0.246 e. The molecule has 1 aliphatic heterocycles. The van der Waals surface area contributed by atoms with Crippen LogP contribution < -0.4 is 4.90 Å². The van der Waals surface area contributed by atoms with Crippen molar-refractivity contribution in [3.05, 3.63) is 60.2 Å². The summed E-state index contributed by atoms with van der Waals surface area (Å²) in [7, 11) is -8.18. The quantitative estimate of drug-likeness (QED) is 0.734. The lowest BCUT2D eigenvalue weighted by molar-refractivity contribution is 0.226. The Morgan fingerprint density at radius 3 is 1.97 bits per heavy atom. The average molecular weight is 436 g/mol. The van der Waals surface area contributed by atoms with E-state index in [9.17, 15) is 21.6 Å². The van der Waals surface area contributed by atoms with Crippen molar-refractivity contribution in [2.75, 3.05) is 11.2 Å². The lowest BCUT2D eigenvalue weighted by Gasteiger charge is -2.28. The summed E-state index contributed by atoms with van der Waals surface area (Å²) in [6.07, 6.45) is 0.891. The monoisotopic (exact) mass is 435 g/mol. The molecule has 1 saturated heterocycles. The van der Waals surface area contributed by atoms with Gasteiger partial charge in [-0.2, -0.15) is 0 Å². The highest BCUT2D eigenvalue weighted by Crippen LogP contribution is 2.37. The van der Waals surface area contributed by atoms with Gasteiger partial charge in [0, 0.05) is 0 Å². The van der Waals surface area contributed by atoms with Gasteiger partial charge in [-0.15, -0.1) is 4.40 Å². The number of rotatable bonds is 4. The van der Waals surface area contributed by atoms with E-state index in [0.29, 0.717) is 9.99 Å². The first-order valence-electron chi connectivity index (χ1n) is 8.67. The highest BCUT2D eigenvalue weighted by molar-refractivity contribution is 7.90. The summed E-state index contributed by atoms with van der Waals surface area (Å²) in [4.78, 5) is 14.3. The van der Waals surface area contributed by atoms with Crippen LogP contribution in [-0.4, -0.2) is 44.8 Å². The Morgan fingerprint density at radius 2 is 1.45 bits per heavy atom. The number of amidine groups is 1. The molecule has 0 radical (unpaired) electrons. The maximum atomic E-state index is 13.3. The molecule has 0 N–H and O–H groups in total. The second-order valence-corrected chi connectivity index (χ2v) is 10.7. The Kier molecular flexibility index (Phi) is 5.04. The molecule has 2 aromatic rings. The molecule has 10 heteroatoms. The van der Waals surface area contributed by atoms with E-state index < -0.39 is 31.6 Å². The Hall–Kier alpha value is -2.72. The lowest BCUT2D eigenvalue weighted by atomic mass is 10.1. The zero-order chi connectivity index (χ0) is 21.6. The lowest BCUT2D eigenvalue weighted by Crippen LogP contribution is -2.47. The summed E-state index contributed by atoms with van der Waals surface area (Å²) < 4.78 is 54.9. The molecule has 0 aromatic heterocycles. The van der Waals surface area contributed by atoms with E-state index in [1.54, 1.807) is 42.5 Å². The molecule has 2 aromatic carbocycles. The molecule has 0 aliphatic carbocycles. The number of amides is 2. The summed E-state index contributed by atoms with van der Waals surface area (Å²) in [5.74, 6) is -0.187. The molecule has 0 atom stereocenters. The molecule has 1 heterocycles. The fraction of sp³-hybridized carbons (Fsp3) is 0.263. The topological polar surface area (TPSA) is 104 Å². The molecule has 2 amide bonds. The van der Waals surface area contributed by atoms with Crippen molar-refractivity contribution in [3.8, 4) is 0 Å². The third-order valence-electron chi connectivity index (χ3n) is 4.46. The van der Waals surface area contributed by atoms with Crippen LogP contribution in [0.2, 0.25) is 0 Å². The van der Waals surface area contributed by atoms with Gasteiger partial charge in [0.25, 0.3) is 20.0 Å². The molecule has 154 valence electrons. The number of hydrogen-bond acceptors (Lipinski definition) is 5. The highest BCUT2D eigenvalue weighted by atomic mass is 32.2. The van der Waals surface area contributed by atoms with Gasteiger partial charge in [0.1, 0.15) is 5.54 Å². The fourth-order valence-corrected chi connectivity index (χ4v) is 5.42. The molecule has 29 heavy (non-hydrogen) atoms. The zero-order valence-corrected chi connectivity index (χ0v) is 18.0. The second-order valence-electron chi connectivity index (χ2n) is 7.24. The summed E-state index contributed by atoms with van der Waals surface area (Å²) in [5.41, 5.74) is -0.295. The van der Waals surface area contributed by atoms with Crippen LogP contribution >= 0.6 is 0 Å². The number of nitrogens with zero attached hydrogens (tertiary/aromatic N) is 3. The van der Waals surface area contributed by atoms with Crippen LogP contribution in [0.4, 0.5) is 10.5 Å². The minimum absolute atomic E-state index is 0.0779. The summed E-state index contributed by atoms with van der Waals surface area (Å²) in [6, 6.07) is 13.3.